The number of anilines is 1. The molecule has 2 N–H and O–H groups in total. The quantitative estimate of drug-likeness (QED) is 0.797. The van der Waals surface area contributed by atoms with E-state index in [1.807, 2.05) is 13.2 Å². The summed E-state index contributed by atoms with van der Waals surface area (Å²) in [6.07, 6.45) is 1.93. The summed E-state index contributed by atoms with van der Waals surface area (Å²) < 4.78 is 6.67. The summed E-state index contributed by atoms with van der Waals surface area (Å²) in [6.45, 7) is 6.34. The first-order chi connectivity index (χ1) is 7.38. The molecule has 0 saturated heterocycles. The number of nitrogens with zero attached hydrogens (tertiary/aromatic N) is 3. The standard InChI is InChI=1S/C11H16N4O/c1-11(2,3)10-7(6-15(4)13-10)8-5-9(12)16-14-8/h5-6H,12H2,1-4H3. The van der Waals surface area contributed by atoms with Crippen LogP contribution in [0.4, 0.5) is 5.88 Å². The molecular formula is C11H16N4O. The highest BCUT2D eigenvalue weighted by molar-refractivity contribution is 5.64. The molecule has 0 unspecified atom stereocenters. The van der Waals surface area contributed by atoms with E-state index in [9.17, 15) is 0 Å². The summed E-state index contributed by atoms with van der Waals surface area (Å²) in [7, 11) is 1.89. The van der Waals surface area contributed by atoms with E-state index in [0.717, 1.165) is 17.0 Å². The molecule has 0 aliphatic carbocycles. The molecule has 5 nitrogen and oxygen atoms in total. The van der Waals surface area contributed by atoms with Crippen LogP contribution in [0, 0.1) is 0 Å². The predicted molar refractivity (Wildman–Crippen MR) is 61.8 cm³/mol. The first kappa shape index (κ1) is 10.7. The molecule has 0 amide bonds. The normalized spacial score (nSPS) is 12.0. The van der Waals surface area contributed by atoms with Crippen LogP contribution < -0.4 is 5.73 Å². The smallest absolute Gasteiger partial charge is 0.222 e. The maximum Gasteiger partial charge on any atom is 0.222 e. The van der Waals surface area contributed by atoms with E-state index in [1.165, 1.54) is 0 Å². The van der Waals surface area contributed by atoms with E-state index < -0.39 is 0 Å². The Kier molecular flexibility index (Phi) is 2.26. The molecule has 0 bridgehead atoms. The highest BCUT2D eigenvalue weighted by Crippen LogP contribution is 2.31. The van der Waals surface area contributed by atoms with E-state index in [1.54, 1.807) is 10.7 Å². The Bertz CT molecular complexity index is 504. The number of nitrogen functional groups attached to an aromatic ring is 1. The molecule has 0 aromatic carbocycles. The summed E-state index contributed by atoms with van der Waals surface area (Å²) in [5.74, 6) is 0.318. The maximum absolute atomic E-state index is 5.53. The lowest BCUT2D eigenvalue weighted by molar-refractivity contribution is 0.439. The van der Waals surface area contributed by atoms with Crippen molar-refractivity contribution in [2.45, 2.75) is 26.2 Å². The van der Waals surface area contributed by atoms with E-state index in [-0.39, 0.29) is 5.41 Å². The van der Waals surface area contributed by atoms with Crippen LogP contribution >= 0.6 is 0 Å². The average molecular weight is 220 g/mol. The molecular weight excluding hydrogens is 204 g/mol. The van der Waals surface area contributed by atoms with Crippen molar-refractivity contribution >= 4 is 5.88 Å². The molecule has 0 fully saturated rings. The molecule has 0 spiro atoms. The third-order valence-corrected chi connectivity index (χ3v) is 2.34. The fourth-order valence-corrected chi connectivity index (χ4v) is 1.65. The van der Waals surface area contributed by atoms with Gasteiger partial charge in [0.25, 0.3) is 0 Å². The molecule has 2 aromatic rings. The molecule has 0 aliphatic rings. The van der Waals surface area contributed by atoms with E-state index in [4.69, 9.17) is 10.3 Å². The van der Waals surface area contributed by atoms with Crippen LogP contribution in [0.25, 0.3) is 11.3 Å². The Hall–Kier alpha value is -1.78. The second-order valence-electron chi connectivity index (χ2n) is 4.93. The van der Waals surface area contributed by atoms with Crippen molar-refractivity contribution in [1.82, 2.24) is 14.9 Å². The Balaban J connectivity index is 2.57. The van der Waals surface area contributed by atoms with Gasteiger partial charge in [0, 0.05) is 30.3 Å². The largest absolute Gasteiger partial charge is 0.368 e. The fraction of sp³-hybridized carbons (Fsp3) is 0.455. The van der Waals surface area contributed by atoms with Crippen LogP contribution in [0.15, 0.2) is 16.8 Å². The lowest BCUT2D eigenvalue weighted by Crippen LogP contribution is -2.13. The van der Waals surface area contributed by atoms with Gasteiger partial charge >= 0.3 is 0 Å². The minimum atomic E-state index is -0.0374. The summed E-state index contributed by atoms with van der Waals surface area (Å²) in [5.41, 5.74) is 8.18. The van der Waals surface area contributed by atoms with E-state index in [0.29, 0.717) is 5.88 Å². The van der Waals surface area contributed by atoms with Gasteiger partial charge < -0.3 is 10.3 Å². The van der Waals surface area contributed by atoms with Gasteiger partial charge in [-0.1, -0.05) is 25.9 Å². The lowest BCUT2D eigenvalue weighted by atomic mass is 9.89. The van der Waals surface area contributed by atoms with Gasteiger partial charge in [-0.15, -0.1) is 0 Å². The SMILES string of the molecule is Cn1cc(-c2cc(N)on2)c(C(C)(C)C)n1. The van der Waals surface area contributed by atoms with Gasteiger partial charge in [-0.05, 0) is 0 Å². The summed E-state index contributed by atoms with van der Waals surface area (Å²) in [4.78, 5) is 0. The van der Waals surface area contributed by atoms with Crippen LogP contribution in [0.2, 0.25) is 0 Å². The van der Waals surface area contributed by atoms with Crippen LogP contribution in [-0.4, -0.2) is 14.9 Å². The van der Waals surface area contributed by atoms with Gasteiger partial charge in [0.15, 0.2) is 0 Å². The fourth-order valence-electron chi connectivity index (χ4n) is 1.65. The van der Waals surface area contributed by atoms with Crippen molar-refractivity contribution < 1.29 is 4.52 Å². The molecule has 2 rings (SSSR count). The Labute approximate surface area is 94.2 Å². The summed E-state index contributed by atoms with van der Waals surface area (Å²) in [5, 5.41) is 8.38. The lowest BCUT2D eigenvalue weighted by Gasteiger charge is -2.16. The van der Waals surface area contributed by atoms with Gasteiger partial charge in [0.1, 0.15) is 5.69 Å². The van der Waals surface area contributed by atoms with Gasteiger partial charge in [-0.3, -0.25) is 4.68 Å². The highest BCUT2D eigenvalue weighted by Gasteiger charge is 2.24. The second-order valence-corrected chi connectivity index (χ2v) is 4.93. The van der Waals surface area contributed by atoms with Crippen LogP contribution in [0.3, 0.4) is 0 Å². The number of aromatic nitrogens is 3. The minimum absolute atomic E-state index is 0.0374. The number of hydrogen-bond acceptors (Lipinski definition) is 4. The average Bonchev–Trinajstić information content (AvgIpc) is 2.70. The van der Waals surface area contributed by atoms with Crippen LogP contribution in [0.5, 0.6) is 0 Å². The van der Waals surface area contributed by atoms with Crippen molar-refractivity contribution in [2.24, 2.45) is 7.05 Å². The molecule has 2 aromatic heterocycles. The third-order valence-electron chi connectivity index (χ3n) is 2.34. The molecule has 5 heteroatoms. The molecule has 0 saturated carbocycles. The van der Waals surface area contributed by atoms with Crippen molar-refractivity contribution in [2.75, 3.05) is 5.73 Å². The van der Waals surface area contributed by atoms with Crippen molar-refractivity contribution in [3.05, 3.63) is 18.0 Å². The molecule has 0 atom stereocenters. The molecule has 0 radical (unpaired) electrons. The van der Waals surface area contributed by atoms with E-state index >= 15 is 0 Å². The van der Waals surface area contributed by atoms with Gasteiger partial charge in [-0.2, -0.15) is 5.10 Å². The summed E-state index contributed by atoms with van der Waals surface area (Å²) >= 11 is 0. The summed E-state index contributed by atoms with van der Waals surface area (Å²) in [6, 6.07) is 1.71. The van der Waals surface area contributed by atoms with Crippen molar-refractivity contribution in [1.29, 1.82) is 0 Å². The Morgan fingerprint density at radius 1 is 1.38 bits per heavy atom. The van der Waals surface area contributed by atoms with Crippen LogP contribution in [0.1, 0.15) is 26.5 Å². The second kappa shape index (κ2) is 3.37. The Morgan fingerprint density at radius 3 is 2.56 bits per heavy atom. The first-order valence-electron chi connectivity index (χ1n) is 5.14. The number of aryl methyl sites for hydroxylation is 1. The highest BCUT2D eigenvalue weighted by atomic mass is 16.5. The zero-order valence-electron chi connectivity index (χ0n) is 9.98. The van der Waals surface area contributed by atoms with Gasteiger partial charge in [-0.25, -0.2) is 0 Å². The number of rotatable bonds is 1. The van der Waals surface area contributed by atoms with Crippen molar-refractivity contribution in [3.63, 3.8) is 0 Å². The van der Waals surface area contributed by atoms with E-state index in [2.05, 4.69) is 31.0 Å². The zero-order valence-corrected chi connectivity index (χ0v) is 9.98. The molecule has 0 aliphatic heterocycles. The maximum atomic E-state index is 5.53. The zero-order chi connectivity index (χ0) is 11.9. The minimum Gasteiger partial charge on any atom is -0.368 e. The van der Waals surface area contributed by atoms with Gasteiger partial charge in [0.2, 0.25) is 5.88 Å². The molecule has 2 heterocycles. The monoisotopic (exact) mass is 220 g/mol. The van der Waals surface area contributed by atoms with Crippen molar-refractivity contribution in [3.8, 4) is 11.3 Å². The number of hydrogen-bond donors (Lipinski definition) is 1. The van der Waals surface area contributed by atoms with Crippen LogP contribution in [-0.2, 0) is 12.5 Å². The molecule has 16 heavy (non-hydrogen) atoms. The predicted octanol–water partition coefficient (Wildman–Crippen LogP) is 1.95. The van der Waals surface area contributed by atoms with Gasteiger partial charge in [0.05, 0.1) is 5.69 Å². The topological polar surface area (TPSA) is 69.9 Å². The first-order valence-corrected chi connectivity index (χ1v) is 5.14. The molecule has 86 valence electrons. The number of nitrogens with two attached hydrogens (primary N) is 1. The Morgan fingerprint density at radius 2 is 2.06 bits per heavy atom. The third kappa shape index (κ3) is 1.80.